The first-order valence-electron chi connectivity index (χ1n) is 11.3. The number of carbonyl (C=O) groups excluding carboxylic acids is 2. The number of rotatable bonds is 10. The molecule has 0 fully saturated rings. The van der Waals surface area contributed by atoms with Crippen LogP contribution in [-0.4, -0.2) is 35.4 Å². The molecule has 33 heavy (non-hydrogen) atoms. The lowest BCUT2D eigenvalue weighted by atomic mass is 10.1. The molecule has 174 valence electrons. The van der Waals surface area contributed by atoms with Crippen LogP contribution < -0.4 is 16.4 Å². The molecule has 0 saturated heterocycles. The highest BCUT2D eigenvalue weighted by atomic mass is 32.1. The van der Waals surface area contributed by atoms with Gasteiger partial charge in [-0.05, 0) is 31.4 Å². The number of nitrogens with one attached hydrogen (secondary N) is 2. The van der Waals surface area contributed by atoms with Gasteiger partial charge in [-0.25, -0.2) is 4.98 Å². The summed E-state index contributed by atoms with van der Waals surface area (Å²) in [4.78, 5) is 31.1. The summed E-state index contributed by atoms with van der Waals surface area (Å²) in [6, 6.07) is 17.3. The van der Waals surface area contributed by atoms with Crippen LogP contribution in [0.4, 0.5) is 0 Å². The Kier molecular flexibility index (Phi) is 8.74. The molecule has 0 aliphatic heterocycles. The fraction of sp³-hybridized carbons (Fsp3) is 0.346. The molecule has 4 N–H and O–H groups in total. The number of aryl methyl sites for hydroxylation is 2. The standard InChI is InChI=1S/C26H32N4O2S/c1-4-23(31)30-22(26(32)29-21(16-27)14-19-10-6-5-7-11-19)15-24-28-18(3)25(33-24)20-12-8-9-17(2)13-20/h5-13,21-22H,4,14-16,27H2,1-3H3,(H,29,32)(H,30,31)/t21-,22-/m0/s1. The van der Waals surface area contributed by atoms with Gasteiger partial charge in [0.25, 0.3) is 0 Å². The van der Waals surface area contributed by atoms with Crippen molar-refractivity contribution < 1.29 is 9.59 Å². The SMILES string of the molecule is CCC(=O)N[C@@H](Cc1nc(C)c(-c2cccc(C)c2)s1)C(=O)N[C@H](CN)Cc1ccccc1. The summed E-state index contributed by atoms with van der Waals surface area (Å²) in [5.41, 5.74) is 10.2. The second-order valence-corrected chi connectivity index (χ2v) is 9.28. The Morgan fingerprint density at radius 3 is 2.45 bits per heavy atom. The second kappa shape index (κ2) is 11.7. The van der Waals surface area contributed by atoms with Gasteiger partial charge in [0, 0.05) is 25.4 Å². The number of hydrogen-bond donors (Lipinski definition) is 3. The first kappa shape index (κ1) is 24.6. The molecule has 3 aromatic rings. The molecule has 3 rings (SSSR count). The first-order valence-corrected chi connectivity index (χ1v) is 12.1. The minimum atomic E-state index is -0.710. The summed E-state index contributed by atoms with van der Waals surface area (Å²) in [5.74, 6) is -0.414. The van der Waals surface area contributed by atoms with Crippen LogP contribution in [-0.2, 0) is 22.4 Å². The van der Waals surface area contributed by atoms with E-state index in [0.29, 0.717) is 25.8 Å². The molecule has 0 bridgehead atoms. The van der Waals surface area contributed by atoms with Crippen molar-refractivity contribution in [3.05, 3.63) is 76.4 Å². The molecular weight excluding hydrogens is 432 g/mol. The summed E-state index contributed by atoms with van der Waals surface area (Å²) < 4.78 is 0. The van der Waals surface area contributed by atoms with Crippen molar-refractivity contribution in [2.45, 2.75) is 52.1 Å². The number of benzene rings is 2. The van der Waals surface area contributed by atoms with Gasteiger partial charge in [-0.1, -0.05) is 67.1 Å². The number of carbonyl (C=O) groups is 2. The van der Waals surface area contributed by atoms with E-state index in [1.807, 2.05) is 43.3 Å². The lowest BCUT2D eigenvalue weighted by Crippen LogP contribution is -2.52. The number of amides is 2. The molecule has 6 nitrogen and oxygen atoms in total. The Morgan fingerprint density at radius 2 is 1.79 bits per heavy atom. The maximum atomic E-state index is 13.2. The fourth-order valence-corrected chi connectivity index (χ4v) is 4.77. The highest BCUT2D eigenvalue weighted by Crippen LogP contribution is 2.31. The average molecular weight is 465 g/mol. The van der Waals surface area contributed by atoms with E-state index in [1.54, 1.807) is 18.3 Å². The topological polar surface area (TPSA) is 97.1 Å². The van der Waals surface area contributed by atoms with Gasteiger partial charge in [-0.3, -0.25) is 9.59 Å². The summed E-state index contributed by atoms with van der Waals surface area (Å²) >= 11 is 1.56. The van der Waals surface area contributed by atoms with Gasteiger partial charge in [0.1, 0.15) is 6.04 Å². The van der Waals surface area contributed by atoms with E-state index in [1.165, 1.54) is 5.56 Å². The maximum Gasteiger partial charge on any atom is 0.243 e. The highest BCUT2D eigenvalue weighted by molar-refractivity contribution is 7.15. The van der Waals surface area contributed by atoms with Crippen LogP contribution in [0.15, 0.2) is 54.6 Å². The zero-order chi connectivity index (χ0) is 23.8. The number of nitrogens with zero attached hydrogens (tertiary/aromatic N) is 1. The Hall–Kier alpha value is -3.03. The van der Waals surface area contributed by atoms with E-state index in [2.05, 4.69) is 35.8 Å². The minimum absolute atomic E-state index is 0.172. The van der Waals surface area contributed by atoms with Crippen molar-refractivity contribution in [1.29, 1.82) is 0 Å². The lowest BCUT2D eigenvalue weighted by Gasteiger charge is -2.22. The Bertz CT molecular complexity index is 1080. The summed E-state index contributed by atoms with van der Waals surface area (Å²) in [7, 11) is 0. The van der Waals surface area contributed by atoms with Gasteiger partial charge in [0.05, 0.1) is 15.6 Å². The fourth-order valence-electron chi connectivity index (χ4n) is 3.67. The van der Waals surface area contributed by atoms with Crippen molar-refractivity contribution in [2.24, 2.45) is 5.73 Å². The largest absolute Gasteiger partial charge is 0.350 e. The Labute approximate surface area is 199 Å². The molecule has 0 spiro atoms. The monoisotopic (exact) mass is 464 g/mol. The second-order valence-electron chi connectivity index (χ2n) is 8.20. The molecule has 0 unspecified atom stereocenters. The van der Waals surface area contributed by atoms with Crippen molar-refractivity contribution in [2.75, 3.05) is 6.54 Å². The van der Waals surface area contributed by atoms with Crippen LogP contribution in [0.25, 0.3) is 10.4 Å². The maximum absolute atomic E-state index is 13.2. The van der Waals surface area contributed by atoms with E-state index in [0.717, 1.165) is 26.7 Å². The van der Waals surface area contributed by atoms with Crippen molar-refractivity contribution >= 4 is 23.2 Å². The molecule has 1 aromatic heterocycles. The van der Waals surface area contributed by atoms with Crippen LogP contribution in [0.2, 0.25) is 0 Å². The van der Waals surface area contributed by atoms with E-state index in [4.69, 9.17) is 10.7 Å². The van der Waals surface area contributed by atoms with Gasteiger partial charge in [-0.2, -0.15) is 0 Å². The third-order valence-electron chi connectivity index (χ3n) is 5.43. The third kappa shape index (κ3) is 6.97. The zero-order valence-corrected chi connectivity index (χ0v) is 20.2. The predicted octanol–water partition coefficient (Wildman–Crippen LogP) is 3.55. The van der Waals surface area contributed by atoms with Gasteiger partial charge >= 0.3 is 0 Å². The van der Waals surface area contributed by atoms with E-state index in [-0.39, 0.29) is 17.9 Å². The zero-order valence-electron chi connectivity index (χ0n) is 19.4. The average Bonchev–Trinajstić information content (AvgIpc) is 3.18. The Morgan fingerprint density at radius 1 is 1.03 bits per heavy atom. The van der Waals surface area contributed by atoms with Gasteiger partial charge in [0.2, 0.25) is 11.8 Å². The first-order chi connectivity index (χ1) is 15.9. The van der Waals surface area contributed by atoms with Crippen LogP contribution in [0.5, 0.6) is 0 Å². The molecule has 0 saturated carbocycles. The van der Waals surface area contributed by atoms with E-state index < -0.39 is 6.04 Å². The summed E-state index contributed by atoms with van der Waals surface area (Å²) in [6.07, 6.45) is 1.27. The normalized spacial score (nSPS) is 12.7. The van der Waals surface area contributed by atoms with Crippen LogP contribution in [0.1, 0.15) is 35.2 Å². The number of nitrogens with two attached hydrogens (primary N) is 1. The quantitative estimate of drug-likeness (QED) is 0.427. The predicted molar refractivity (Wildman–Crippen MR) is 134 cm³/mol. The molecule has 2 amide bonds. The van der Waals surface area contributed by atoms with Gasteiger partial charge in [0.15, 0.2) is 0 Å². The van der Waals surface area contributed by atoms with Crippen molar-refractivity contribution in [3.8, 4) is 10.4 Å². The number of hydrogen-bond acceptors (Lipinski definition) is 5. The molecule has 0 aliphatic carbocycles. The van der Waals surface area contributed by atoms with Crippen molar-refractivity contribution in [3.63, 3.8) is 0 Å². The Balaban J connectivity index is 1.76. The minimum Gasteiger partial charge on any atom is -0.350 e. The van der Waals surface area contributed by atoms with Gasteiger partial charge < -0.3 is 16.4 Å². The smallest absolute Gasteiger partial charge is 0.243 e. The number of thiazole rings is 1. The van der Waals surface area contributed by atoms with Crippen molar-refractivity contribution in [1.82, 2.24) is 15.6 Å². The molecule has 0 radical (unpaired) electrons. The lowest BCUT2D eigenvalue weighted by molar-refractivity contribution is -0.129. The van der Waals surface area contributed by atoms with E-state index >= 15 is 0 Å². The van der Waals surface area contributed by atoms with E-state index in [9.17, 15) is 9.59 Å². The van der Waals surface area contributed by atoms with Crippen LogP contribution in [0, 0.1) is 13.8 Å². The summed E-state index contributed by atoms with van der Waals surface area (Å²) in [6.45, 7) is 6.11. The molecule has 0 aliphatic rings. The van der Waals surface area contributed by atoms with Crippen LogP contribution >= 0.6 is 11.3 Å². The highest BCUT2D eigenvalue weighted by Gasteiger charge is 2.25. The number of aromatic nitrogens is 1. The summed E-state index contributed by atoms with van der Waals surface area (Å²) in [5, 5.41) is 6.70. The molecule has 2 atom stereocenters. The molecule has 7 heteroatoms. The molecule has 2 aromatic carbocycles. The van der Waals surface area contributed by atoms with Crippen LogP contribution in [0.3, 0.4) is 0 Å². The molecular formula is C26H32N4O2S. The third-order valence-corrected chi connectivity index (χ3v) is 6.66. The molecule has 1 heterocycles. The van der Waals surface area contributed by atoms with Gasteiger partial charge in [-0.15, -0.1) is 11.3 Å².